The summed E-state index contributed by atoms with van der Waals surface area (Å²) in [6.45, 7) is 5.60. The molecule has 1 saturated heterocycles. The van der Waals surface area contributed by atoms with Crippen LogP contribution in [0, 0.1) is 0 Å². The predicted molar refractivity (Wildman–Crippen MR) is 123 cm³/mol. The number of ether oxygens (including phenoxy) is 2. The van der Waals surface area contributed by atoms with Crippen molar-refractivity contribution in [3.8, 4) is 5.75 Å². The molecule has 3 N–H and O–H groups in total. The van der Waals surface area contributed by atoms with Gasteiger partial charge >= 0.3 is 0 Å². The number of anilines is 1. The first-order valence-electron chi connectivity index (χ1n) is 9.36. The van der Waals surface area contributed by atoms with Gasteiger partial charge in [-0.15, -0.1) is 24.0 Å². The zero-order valence-corrected chi connectivity index (χ0v) is 19.2. The van der Waals surface area contributed by atoms with Gasteiger partial charge in [-0.25, -0.2) is 4.99 Å². The number of benzene rings is 1. The third-order valence-electron chi connectivity index (χ3n) is 4.31. The Bertz CT molecular complexity index is 629. The number of amides is 1. The number of hydrogen-bond donors (Lipinski definition) is 3. The molecule has 1 aliphatic heterocycles. The van der Waals surface area contributed by atoms with Gasteiger partial charge in [0.15, 0.2) is 5.96 Å². The van der Waals surface area contributed by atoms with E-state index in [1.165, 1.54) is 0 Å². The molecule has 1 heterocycles. The van der Waals surface area contributed by atoms with Crippen LogP contribution in [0.2, 0.25) is 0 Å². The smallest absolute Gasteiger partial charge is 0.241 e. The third kappa shape index (κ3) is 7.70. The summed E-state index contributed by atoms with van der Waals surface area (Å²) >= 11 is 0. The summed E-state index contributed by atoms with van der Waals surface area (Å²) in [5, 5.41) is 9.40. The van der Waals surface area contributed by atoms with Gasteiger partial charge in [-0.05, 0) is 25.5 Å². The SMILES string of the molecule is CCNC(=NCC(=O)NCCOC)NC1CCN(c2ccccc2OC)C1.I. The van der Waals surface area contributed by atoms with Gasteiger partial charge in [0, 0.05) is 39.3 Å². The first-order chi connectivity index (χ1) is 13.2. The molecule has 0 aliphatic carbocycles. The van der Waals surface area contributed by atoms with E-state index >= 15 is 0 Å². The van der Waals surface area contributed by atoms with E-state index in [1.54, 1.807) is 14.2 Å². The average Bonchev–Trinajstić information content (AvgIpc) is 3.15. The van der Waals surface area contributed by atoms with Gasteiger partial charge in [-0.2, -0.15) is 0 Å². The van der Waals surface area contributed by atoms with Crippen LogP contribution in [0.4, 0.5) is 5.69 Å². The van der Waals surface area contributed by atoms with Crippen LogP contribution in [0.3, 0.4) is 0 Å². The number of nitrogens with one attached hydrogen (secondary N) is 3. The molecule has 0 bridgehead atoms. The van der Waals surface area contributed by atoms with Crippen molar-refractivity contribution in [3.63, 3.8) is 0 Å². The number of aliphatic imine (C=N–C) groups is 1. The van der Waals surface area contributed by atoms with Gasteiger partial charge in [0.05, 0.1) is 19.4 Å². The first kappa shape index (κ1) is 24.3. The van der Waals surface area contributed by atoms with Crippen molar-refractivity contribution in [2.24, 2.45) is 4.99 Å². The maximum Gasteiger partial charge on any atom is 0.241 e. The van der Waals surface area contributed by atoms with Crippen molar-refractivity contribution >= 4 is 41.5 Å². The van der Waals surface area contributed by atoms with Crippen LogP contribution in [-0.2, 0) is 9.53 Å². The largest absolute Gasteiger partial charge is 0.495 e. The number of rotatable bonds is 9. The monoisotopic (exact) mass is 505 g/mol. The Labute approximate surface area is 184 Å². The van der Waals surface area contributed by atoms with Crippen LogP contribution < -0.4 is 25.6 Å². The molecule has 1 amide bonds. The number of halogens is 1. The Balaban J connectivity index is 0.00000392. The number of hydrogen-bond acceptors (Lipinski definition) is 5. The van der Waals surface area contributed by atoms with E-state index in [0.29, 0.717) is 19.1 Å². The molecule has 1 unspecified atom stereocenters. The zero-order valence-electron chi connectivity index (χ0n) is 16.9. The summed E-state index contributed by atoms with van der Waals surface area (Å²) in [6, 6.07) is 8.30. The maximum atomic E-state index is 11.8. The lowest BCUT2D eigenvalue weighted by molar-refractivity contribution is -0.119. The molecule has 2 rings (SSSR count). The van der Waals surface area contributed by atoms with E-state index < -0.39 is 0 Å². The normalized spacial score (nSPS) is 16.3. The molecule has 1 atom stereocenters. The maximum absolute atomic E-state index is 11.8. The van der Waals surface area contributed by atoms with E-state index in [9.17, 15) is 4.79 Å². The van der Waals surface area contributed by atoms with Gasteiger partial charge in [-0.1, -0.05) is 12.1 Å². The second kappa shape index (κ2) is 13.4. The minimum atomic E-state index is -0.119. The van der Waals surface area contributed by atoms with Crippen LogP contribution >= 0.6 is 24.0 Å². The van der Waals surface area contributed by atoms with E-state index in [-0.39, 0.29) is 42.5 Å². The Morgan fingerprint density at radius 3 is 2.79 bits per heavy atom. The topological polar surface area (TPSA) is 87.2 Å². The second-order valence-corrected chi connectivity index (χ2v) is 6.29. The lowest BCUT2D eigenvalue weighted by Crippen LogP contribution is -2.45. The summed E-state index contributed by atoms with van der Waals surface area (Å²) in [6.07, 6.45) is 0.989. The fraction of sp³-hybridized carbons (Fsp3) is 0.579. The highest BCUT2D eigenvalue weighted by atomic mass is 127. The van der Waals surface area contributed by atoms with Crippen LogP contribution in [-0.4, -0.2) is 71.5 Å². The van der Waals surface area contributed by atoms with Gasteiger partial charge in [0.1, 0.15) is 12.3 Å². The molecule has 0 saturated carbocycles. The summed E-state index contributed by atoms with van der Waals surface area (Å²) in [4.78, 5) is 18.5. The van der Waals surface area contributed by atoms with Crippen LogP contribution in [0.1, 0.15) is 13.3 Å². The molecule has 28 heavy (non-hydrogen) atoms. The van der Waals surface area contributed by atoms with Gasteiger partial charge in [0.2, 0.25) is 5.91 Å². The Hall–Kier alpha value is -1.75. The van der Waals surface area contributed by atoms with E-state index in [4.69, 9.17) is 9.47 Å². The second-order valence-electron chi connectivity index (χ2n) is 6.29. The van der Waals surface area contributed by atoms with E-state index in [2.05, 4.69) is 31.9 Å². The minimum Gasteiger partial charge on any atom is -0.495 e. The van der Waals surface area contributed by atoms with Crippen molar-refractivity contribution in [3.05, 3.63) is 24.3 Å². The fourth-order valence-corrected chi connectivity index (χ4v) is 3.00. The zero-order chi connectivity index (χ0) is 19.5. The molecule has 1 fully saturated rings. The lowest BCUT2D eigenvalue weighted by Gasteiger charge is -2.22. The quantitative estimate of drug-likeness (QED) is 0.203. The van der Waals surface area contributed by atoms with Crippen LogP contribution in [0.15, 0.2) is 29.3 Å². The lowest BCUT2D eigenvalue weighted by atomic mass is 10.2. The minimum absolute atomic E-state index is 0. The fourth-order valence-electron chi connectivity index (χ4n) is 3.00. The molecular formula is C19H32IN5O3. The molecule has 0 radical (unpaired) electrons. The molecule has 1 aromatic rings. The van der Waals surface area contributed by atoms with Crippen molar-refractivity contribution < 1.29 is 14.3 Å². The Morgan fingerprint density at radius 1 is 1.29 bits per heavy atom. The number of methoxy groups -OCH3 is 2. The summed E-state index contributed by atoms with van der Waals surface area (Å²) in [7, 11) is 3.30. The Kier molecular flexibility index (Phi) is 11.7. The van der Waals surface area contributed by atoms with E-state index in [1.807, 2.05) is 25.1 Å². The molecule has 0 spiro atoms. The number of carbonyl (C=O) groups excluding carboxylic acids is 1. The summed E-state index contributed by atoms with van der Waals surface area (Å²) in [5.41, 5.74) is 1.10. The average molecular weight is 505 g/mol. The Morgan fingerprint density at radius 2 is 2.07 bits per heavy atom. The van der Waals surface area contributed by atoms with Gasteiger partial charge in [-0.3, -0.25) is 4.79 Å². The van der Waals surface area contributed by atoms with Crippen molar-refractivity contribution in [2.45, 2.75) is 19.4 Å². The number of guanidine groups is 1. The summed E-state index contributed by atoms with van der Waals surface area (Å²) < 4.78 is 10.4. The number of carbonyl (C=O) groups is 1. The molecule has 8 nitrogen and oxygen atoms in total. The predicted octanol–water partition coefficient (Wildman–Crippen LogP) is 1.21. The van der Waals surface area contributed by atoms with Crippen molar-refractivity contribution in [1.29, 1.82) is 0 Å². The molecule has 9 heteroatoms. The highest BCUT2D eigenvalue weighted by Gasteiger charge is 2.25. The standard InChI is InChI=1S/C19H31N5O3.HI/c1-4-20-19(22-13-18(25)21-10-12-26-2)23-15-9-11-24(14-15)16-7-5-6-8-17(16)27-3;/h5-8,15H,4,9-14H2,1-3H3,(H,21,25)(H2,20,22,23);1H. The number of para-hydroxylation sites is 2. The highest BCUT2D eigenvalue weighted by molar-refractivity contribution is 14.0. The van der Waals surface area contributed by atoms with Crippen LogP contribution in [0.5, 0.6) is 5.75 Å². The molecule has 0 aromatic heterocycles. The molecular weight excluding hydrogens is 473 g/mol. The highest BCUT2D eigenvalue weighted by Crippen LogP contribution is 2.30. The first-order valence-corrected chi connectivity index (χ1v) is 9.36. The molecule has 158 valence electrons. The van der Waals surface area contributed by atoms with Crippen molar-refractivity contribution in [2.75, 3.05) is 58.5 Å². The van der Waals surface area contributed by atoms with E-state index in [0.717, 1.165) is 37.5 Å². The van der Waals surface area contributed by atoms with Gasteiger partial charge in [0.25, 0.3) is 0 Å². The third-order valence-corrected chi connectivity index (χ3v) is 4.31. The van der Waals surface area contributed by atoms with Crippen LogP contribution in [0.25, 0.3) is 0 Å². The molecule has 1 aliphatic rings. The van der Waals surface area contributed by atoms with Crippen molar-refractivity contribution in [1.82, 2.24) is 16.0 Å². The number of nitrogens with zero attached hydrogens (tertiary/aromatic N) is 2. The molecule has 1 aromatic carbocycles. The van der Waals surface area contributed by atoms with Gasteiger partial charge < -0.3 is 30.3 Å². The summed E-state index contributed by atoms with van der Waals surface area (Å²) in [5.74, 6) is 1.42.